The number of carbonyl (C=O) groups excluding carboxylic acids is 2. The molecule has 2 fully saturated rings. The highest BCUT2D eigenvalue weighted by Crippen LogP contribution is 2.36. The third kappa shape index (κ3) is 5.04. The number of ketones is 1. The third-order valence-corrected chi connectivity index (χ3v) is 8.44. The summed E-state index contributed by atoms with van der Waals surface area (Å²) in [6.07, 6.45) is 4.19. The van der Waals surface area contributed by atoms with Crippen molar-refractivity contribution in [3.8, 4) is 11.5 Å². The lowest BCUT2D eigenvalue weighted by Crippen LogP contribution is -2.54. The summed E-state index contributed by atoms with van der Waals surface area (Å²) in [7, 11) is 3.26. The summed E-state index contributed by atoms with van der Waals surface area (Å²) in [6, 6.07) is 10.8. The zero-order valence-corrected chi connectivity index (χ0v) is 23.2. The number of hydrogen-bond donors (Lipinski definition) is 0. The molecule has 216 valence electrons. The zero-order chi connectivity index (χ0) is 28.7. The van der Waals surface area contributed by atoms with Crippen molar-refractivity contribution in [1.29, 1.82) is 0 Å². The normalized spacial score (nSPS) is 21.4. The Morgan fingerprint density at radius 3 is 2.56 bits per heavy atom. The number of likely N-dealkylation sites (tertiary alicyclic amines) is 1. The number of aromatic nitrogens is 2. The number of alkyl halides is 1. The number of carbonyl (C=O) groups is 2. The van der Waals surface area contributed by atoms with E-state index >= 15 is 8.78 Å². The van der Waals surface area contributed by atoms with Gasteiger partial charge in [-0.15, -0.1) is 0 Å². The van der Waals surface area contributed by atoms with Crippen molar-refractivity contribution < 1.29 is 32.3 Å². The van der Waals surface area contributed by atoms with Crippen molar-refractivity contribution in [3.05, 3.63) is 54.0 Å². The van der Waals surface area contributed by atoms with E-state index in [1.54, 1.807) is 6.07 Å². The highest BCUT2D eigenvalue weighted by molar-refractivity contribution is 5.95. The van der Waals surface area contributed by atoms with Gasteiger partial charge in [-0.1, -0.05) is 24.3 Å². The fourth-order valence-electron chi connectivity index (χ4n) is 6.17. The maximum Gasteiger partial charge on any atom is 0.330 e. The van der Waals surface area contributed by atoms with E-state index in [-0.39, 0.29) is 28.9 Å². The van der Waals surface area contributed by atoms with Gasteiger partial charge in [-0.3, -0.25) is 9.59 Å². The van der Waals surface area contributed by atoms with Crippen LogP contribution in [-0.2, 0) is 32.5 Å². The van der Waals surface area contributed by atoms with Crippen LogP contribution in [0.3, 0.4) is 0 Å². The molecule has 6 rings (SSSR count). The van der Waals surface area contributed by atoms with Crippen molar-refractivity contribution >= 4 is 33.8 Å². The first-order chi connectivity index (χ1) is 19.8. The summed E-state index contributed by atoms with van der Waals surface area (Å²) in [5.41, 5.74) is 1.96. The molecule has 1 saturated carbocycles. The minimum Gasteiger partial charge on any atom is -0.469 e. The van der Waals surface area contributed by atoms with Gasteiger partial charge in [0, 0.05) is 43.7 Å². The van der Waals surface area contributed by atoms with Crippen LogP contribution in [0.25, 0.3) is 33.5 Å². The van der Waals surface area contributed by atoms with Crippen molar-refractivity contribution in [3.63, 3.8) is 0 Å². The van der Waals surface area contributed by atoms with Crippen LogP contribution in [0.1, 0.15) is 44.1 Å². The molecule has 1 unspecified atom stereocenters. The second kappa shape index (κ2) is 11.0. The number of halogens is 2. The molecule has 0 amide bonds. The average molecular weight is 566 g/mol. The summed E-state index contributed by atoms with van der Waals surface area (Å²) < 4.78 is 50.9. The van der Waals surface area contributed by atoms with Crippen molar-refractivity contribution in [1.82, 2.24) is 14.5 Å². The molecule has 10 heteroatoms. The maximum absolute atomic E-state index is 16.6. The number of hydrogen-bond acceptors (Lipinski definition) is 7. The van der Waals surface area contributed by atoms with E-state index in [2.05, 4.69) is 4.98 Å². The molecule has 0 bridgehead atoms. The highest BCUT2D eigenvalue weighted by Gasteiger charge is 2.49. The van der Waals surface area contributed by atoms with Gasteiger partial charge in [-0.2, -0.15) is 4.39 Å². The number of benzene rings is 2. The molecule has 0 radical (unpaired) electrons. The standard InChI is InChI=1S/C31H33F2N3O5/c1-35-18-23(22-7-3-4-8-25(22)35)29-34-24-14-11-20(27(32)28(24)40-29)17-26(37)31(33,36-15-5-6-16-36)41-21-12-9-19(10-13-21)30(38)39-2/h3-4,7-8,11,14,18-19,21H,5-6,9-10,12-13,15-17H2,1-2H3/t19-,21-,31?. The van der Waals surface area contributed by atoms with Crippen LogP contribution in [0.2, 0.25) is 0 Å². The van der Waals surface area contributed by atoms with Gasteiger partial charge in [-0.05, 0) is 56.2 Å². The van der Waals surface area contributed by atoms with Crippen molar-refractivity contribution in [2.24, 2.45) is 13.0 Å². The molecule has 3 heterocycles. The molecule has 2 aliphatic rings. The predicted molar refractivity (Wildman–Crippen MR) is 148 cm³/mol. The molecular formula is C31H33F2N3O5. The lowest BCUT2D eigenvalue weighted by atomic mass is 9.87. The summed E-state index contributed by atoms with van der Waals surface area (Å²) in [6.45, 7) is 0.746. The minimum absolute atomic E-state index is 0.0161. The van der Waals surface area contributed by atoms with Gasteiger partial charge in [0.2, 0.25) is 11.7 Å². The van der Waals surface area contributed by atoms with Crippen LogP contribution in [0.4, 0.5) is 8.78 Å². The second-order valence-corrected chi connectivity index (χ2v) is 11.0. The van der Waals surface area contributed by atoms with E-state index in [9.17, 15) is 9.59 Å². The second-order valence-electron chi connectivity index (χ2n) is 11.0. The van der Waals surface area contributed by atoms with Gasteiger partial charge in [0.15, 0.2) is 11.4 Å². The third-order valence-electron chi connectivity index (χ3n) is 8.44. The molecule has 4 aromatic rings. The summed E-state index contributed by atoms with van der Waals surface area (Å²) in [5.74, 6) is -4.55. The van der Waals surface area contributed by atoms with E-state index in [0.29, 0.717) is 44.3 Å². The van der Waals surface area contributed by atoms with Crippen LogP contribution in [0.5, 0.6) is 0 Å². The van der Waals surface area contributed by atoms with Gasteiger partial charge >= 0.3 is 11.9 Å². The van der Waals surface area contributed by atoms with Gasteiger partial charge in [0.05, 0.1) is 24.7 Å². The topological polar surface area (TPSA) is 86.8 Å². The number of nitrogens with zero attached hydrogens (tertiary/aromatic N) is 3. The Labute approximate surface area is 236 Å². The number of fused-ring (bicyclic) bond motifs is 2. The molecule has 2 aromatic carbocycles. The first-order valence-corrected chi connectivity index (χ1v) is 14.1. The fourth-order valence-corrected chi connectivity index (χ4v) is 6.17. The summed E-state index contributed by atoms with van der Waals surface area (Å²) in [5, 5.41) is 0.919. The summed E-state index contributed by atoms with van der Waals surface area (Å²) in [4.78, 5) is 31.3. The van der Waals surface area contributed by atoms with Crippen LogP contribution in [0.15, 0.2) is 47.0 Å². The Morgan fingerprint density at radius 1 is 1.10 bits per heavy atom. The average Bonchev–Trinajstić information content (AvgIpc) is 3.74. The number of aryl methyl sites for hydroxylation is 1. The Hall–Kier alpha value is -3.63. The lowest BCUT2D eigenvalue weighted by molar-refractivity contribution is -0.252. The summed E-state index contributed by atoms with van der Waals surface area (Å²) >= 11 is 0. The molecule has 0 spiro atoms. The SMILES string of the molecule is COC(=O)[C@H]1CC[C@H](OC(F)(C(=O)Cc2ccc3nc(-c4cn(C)c5ccccc45)oc3c2F)N2CCCC2)CC1. The smallest absolute Gasteiger partial charge is 0.330 e. The quantitative estimate of drug-likeness (QED) is 0.200. The van der Waals surface area contributed by atoms with E-state index < -0.39 is 30.1 Å². The number of esters is 1. The number of ether oxygens (including phenoxy) is 2. The Morgan fingerprint density at radius 2 is 1.83 bits per heavy atom. The first kappa shape index (κ1) is 27.5. The van der Waals surface area contributed by atoms with Crippen LogP contribution in [-0.4, -0.2) is 58.5 Å². The molecule has 0 N–H and O–H groups in total. The number of rotatable bonds is 8. The number of methoxy groups -OCH3 is 1. The molecule has 1 aliphatic carbocycles. The van der Waals surface area contributed by atoms with E-state index in [1.165, 1.54) is 18.1 Å². The van der Waals surface area contributed by atoms with Gasteiger partial charge in [0.25, 0.3) is 0 Å². The number of oxazole rings is 1. The molecule has 1 aliphatic heterocycles. The predicted octanol–water partition coefficient (Wildman–Crippen LogP) is 5.70. The molecule has 8 nitrogen and oxygen atoms in total. The molecule has 1 atom stereocenters. The molecule has 41 heavy (non-hydrogen) atoms. The van der Waals surface area contributed by atoms with Crippen LogP contribution < -0.4 is 0 Å². The van der Waals surface area contributed by atoms with Crippen LogP contribution in [0, 0.1) is 11.7 Å². The van der Waals surface area contributed by atoms with Gasteiger partial charge in [-0.25, -0.2) is 14.3 Å². The first-order valence-electron chi connectivity index (χ1n) is 14.1. The maximum atomic E-state index is 16.6. The van der Waals surface area contributed by atoms with E-state index in [4.69, 9.17) is 13.9 Å². The van der Waals surface area contributed by atoms with Crippen molar-refractivity contribution in [2.75, 3.05) is 20.2 Å². The van der Waals surface area contributed by atoms with E-state index in [0.717, 1.165) is 29.3 Å². The molecule has 1 saturated heterocycles. The minimum atomic E-state index is -2.68. The Kier molecular flexibility index (Phi) is 7.37. The zero-order valence-electron chi connectivity index (χ0n) is 23.2. The van der Waals surface area contributed by atoms with Gasteiger partial charge in [0.1, 0.15) is 5.52 Å². The number of Topliss-reactive ketones (excluding diaryl/α,β-unsaturated/α-hetero) is 1. The van der Waals surface area contributed by atoms with E-state index in [1.807, 2.05) is 42.1 Å². The Bertz CT molecular complexity index is 1600. The van der Waals surface area contributed by atoms with Crippen molar-refractivity contribution in [2.45, 2.75) is 57.0 Å². The largest absolute Gasteiger partial charge is 0.469 e. The van der Waals surface area contributed by atoms with Crippen LogP contribution >= 0.6 is 0 Å². The highest BCUT2D eigenvalue weighted by atomic mass is 19.2. The Balaban J connectivity index is 1.25. The molecule has 2 aromatic heterocycles. The fraction of sp³-hybridized carbons (Fsp3) is 0.452. The molecular weight excluding hydrogens is 532 g/mol. The monoisotopic (exact) mass is 565 g/mol. The number of para-hydroxylation sites is 1. The van der Waals surface area contributed by atoms with Gasteiger partial charge < -0.3 is 18.5 Å². The lowest BCUT2D eigenvalue weighted by Gasteiger charge is -2.37.